The Balaban J connectivity index is 0. The SMILES string of the molecule is CCCCCCN.N#CS. The van der Waals surface area contributed by atoms with Crippen LogP contribution in [-0.4, -0.2) is 6.54 Å². The van der Waals surface area contributed by atoms with E-state index in [0.29, 0.717) is 0 Å². The largest absolute Gasteiger partial charge is 0.330 e. The maximum Gasteiger partial charge on any atom is 0.130 e. The maximum atomic E-state index is 7.18. The zero-order valence-corrected chi connectivity index (χ0v) is 7.40. The first-order valence-electron chi connectivity index (χ1n) is 3.56. The van der Waals surface area contributed by atoms with Crippen molar-refractivity contribution in [2.24, 2.45) is 5.73 Å². The summed E-state index contributed by atoms with van der Waals surface area (Å²) in [5, 5.41) is 8.63. The zero-order valence-electron chi connectivity index (χ0n) is 6.51. The second-order valence-electron chi connectivity index (χ2n) is 1.95. The average Bonchev–Trinajstić information content (AvgIpc) is 1.91. The van der Waals surface area contributed by atoms with Crippen LogP contribution in [0, 0.1) is 10.7 Å². The van der Waals surface area contributed by atoms with Crippen molar-refractivity contribution in [3.63, 3.8) is 0 Å². The molecular formula is C7H16N2S. The van der Waals surface area contributed by atoms with E-state index in [-0.39, 0.29) is 0 Å². The molecule has 0 aliphatic heterocycles. The van der Waals surface area contributed by atoms with E-state index in [9.17, 15) is 0 Å². The molecule has 10 heavy (non-hydrogen) atoms. The Hall–Kier alpha value is -0.200. The molecule has 0 heterocycles. The van der Waals surface area contributed by atoms with E-state index in [0.717, 1.165) is 6.54 Å². The second-order valence-corrected chi connectivity index (χ2v) is 2.15. The lowest BCUT2D eigenvalue weighted by molar-refractivity contribution is 0.674. The van der Waals surface area contributed by atoms with Crippen LogP contribution in [0.4, 0.5) is 0 Å². The van der Waals surface area contributed by atoms with Crippen LogP contribution in [0.5, 0.6) is 0 Å². The van der Waals surface area contributed by atoms with Gasteiger partial charge in [0.2, 0.25) is 0 Å². The lowest BCUT2D eigenvalue weighted by atomic mass is 10.2. The molecule has 0 aromatic rings. The van der Waals surface area contributed by atoms with Crippen molar-refractivity contribution >= 4 is 12.6 Å². The molecule has 0 aliphatic carbocycles. The monoisotopic (exact) mass is 160 g/mol. The summed E-state index contributed by atoms with van der Waals surface area (Å²) in [7, 11) is 0. The number of nitriles is 1. The number of unbranched alkanes of at least 4 members (excludes halogenated alkanes) is 3. The Morgan fingerprint density at radius 1 is 1.40 bits per heavy atom. The number of thiocyanates is 1. The van der Waals surface area contributed by atoms with Gasteiger partial charge in [0.1, 0.15) is 5.40 Å². The van der Waals surface area contributed by atoms with Gasteiger partial charge in [-0.1, -0.05) is 38.8 Å². The van der Waals surface area contributed by atoms with Gasteiger partial charge < -0.3 is 5.73 Å². The number of rotatable bonds is 4. The fourth-order valence-electron chi connectivity index (χ4n) is 0.571. The van der Waals surface area contributed by atoms with Crippen LogP contribution >= 0.6 is 12.6 Å². The Kier molecular flexibility index (Phi) is 19.9. The van der Waals surface area contributed by atoms with Gasteiger partial charge in [0.05, 0.1) is 0 Å². The third-order valence-corrected chi connectivity index (χ3v) is 1.06. The molecule has 0 spiro atoms. The van der Waals surface area contributed by atoms with Crippen molar-refractivity contribution in [3.8, 4) is 5.40 Å². The molecule has 0 aromatic carbocycles. The molecule has 3 heteroatoms. The number of hydrogen-bond donors (Lipinski definition) is 2. The first-order chi connectivity index (χ1) is 4.83. The molecule has 0 saturated heterocycles. The van der Waals surface area contributed by atoms with Crippen LogP contribution in [0.2, 0.25) is 0 Å². The van der Waals surface area contributed by atoms with Gasteiger partial charge in [0.15, 0.2) is 0 Å². The van der Waals surface area contributed by atoms with Crippen LogP contribution < -0.4 is 5.73 Å². The van der Waals surface area contributed by atoms with Gasteiger partial charge in [0, 0.05) is 0 Å². The summed E-state index contributed by atoms with van der Waals surface area (Å²) in [5.41, 5.74) is 5.27. The molecule has 0 aromatic heterocycles. The fourth-order valence-corrected chi connectivity index (χ4v) is 0.571. The number of thiol groups is 1. The van der Waals surface area contributed by atoms with E-state index in [1.165, 1.54) is 31.1 Å². The van der Waals surface area contributed by atoms with Gasteiger partial charge in [-0.3, -0.25) is 0 Å². The molecule has 0 aliphatic rings. The van der Waals surface area contributed by atoms with Crippen molar-refractivity contribution in [2.75, 3.05) is 6.54 Å². The summed E-state index contributed by atoms with van der Waals surface area (Å²) >= 11 is 3.09. The Morgan fingerprint density at radius 3 is 2.20 bits per heavy atom. The van der Waals surface area contributed by atoms with Crippen LogP contribution in [-0.2, 0) is 0 Å². The number of hydrogen-bond acceptors (Lipinski definition) is 3. The predicted octanol–water partition coefficient (Wildman–Crippen LogP) is 1.92. The zero-order chi connectivity index (χ0) is 8.24. The number of nitrogens with zero attached hydrogens (tertiary/aromatic N) is 1. The summed E-state index contributed by atoms with van der Waals surface area (Å²) in [6.45, 7) is 3.07. The lowest BCUT2D eigenvalue weighted by Crippen LogP contribution is -1.97. The van der Waals surface area contributed by atoms with Gasteiger partial charge >= 0.3 is 0 Å². The molecule has 60 valence electrons. The number of nitrogens with two attached hydrogens (primary N) is 1. The van der Waals surface area contributed by atoms with E-state index >= 15 is 0 Å². The summed E-state index contributed by atoms with van der Waals surface area (Å²) in [6, 6.07) is 0. The van der Waals surface area contributed by atoms with Crippen LogP contribution in [0.15, 0.2) is 0 Å². The molecule has 0 unspecified atom stereocenters. The molecule has 0 fully saturated rings. The molecule has 0 rings (SSSR count). The fraction of sp³-hybridized carbons (Fsp3) is 0.857. The molecule has 0 atom stereocenters. The molecule has 0 amide bonds. The van der Waals surface area contributed by atoms with E-state index in [4.69, 9.17) is 11.0 Å². The van der Waals surface area contributed by atoms with Crippen LogP contribution in [0.1, 0.15) is 32.6 Å². The van der Waals surface area contributed by atoms with Crippen molar-refractivity contribution < 1.29 is 0 Å². The van der Waals surface area contributed by atoms with Gasteiger partial charge in [-0.05, 0) is 13.0 Å². The van der Waals surface area contributed by atoms with Gasteiger partial charge in [0.25, 0.3) is 0 Å². The first kappa shape index (κ1) is 12.5. The molecule has 0 saturated carbocycles. The Labute approximate surface area is 68.8 Å². The summed E-state index contributed by atoms with van der Waals surface area (Å²) in [6.07, 6.45) is 5.16. The highest BCUT2D eigenvalue weighted by atomic mass is 32.1. The first-order valence-corrected chi connectivity index (χ1v) is 4.01. The average molecular weight is 160 g/mol. The highest BCUT2D eigenvalue weighted by molar-refractivity contribution is 7.85. The predicted molar refractivity (Wildman–Crippen MR) is 47.8 cm³/mol. The van der Waals surface area contributed by atoms with Gasteiger partial charge in [-0.2, -0.15) is 5.26 Å². The van der Waals surface area contributed by atoms with Crippen LogP contribution in [0.25, 0.3) is 0 Å². The van der Waals surface area contributed by atoms with E-state index < -0.39 is 0 Å². The third-order valence-electron chi connectivity index (χ3n) is 1.06. The van der Waals surface area contributed by atoms with Crippen molar-refractivity contribution in [1.82, 2.24) is 0 Å². The van der Waals surface area contributed by atoms with Crippen molar-refractivity contribution in [1.29, 1.82) is 5.26 Å². The Bertz CT molecular complexity index is 74.2. The minimum atomic E-state index is 0.861. The Morgan fingerprint density at radius 2 is 1.90 bits per heavy atom. The normalized spacial score (nSPS) is 7.40. The quantitative estimate of drug-likeness (QED) is 0.375. The van der Waals surface area contributed by atoms with Gasteiger partial charge in [-0.15, -0.1) is 0 Å². The molecular weight excluding hydrogens is 144 g/mol. The highest BCUT2D eigenvalue weighted by Gasteiger charge is 1.80. The van der Waals surface area contributed by atoms with E-state index in [2.05, 4.69) is 19.6 Å². The van der Waals surface area contributed by atoms with Crippen molar-refractivity contribution in [2.45, 2.75) is 32.6 Å². The molecule has 0 radical (unpaired) electrons. The molecule has 2 nitrogen and oxygen atoms in total. The minimum Gasteiger partial charge on any atom is -0.330 e. The third kappa shape index (κ3) is 25.0. The van der Waals surface area contributed by atoms with E-state index in [1.807, 2.05) is 0 Å². The standard InChI is InChI=1S/C6H15N.CHNS/c1-2-3-4-5-6-7;2-1-3/h2-7H2,1H3;3H. The lowest BCUT2D eigenvalue weighted by Gasteiger charge is -1.90. The summed E-state index contributed by atoms with van der Waals surface area (Å²) < 4.78 is 0. The second kappa shape index (κ2) is 15.9. The summed E-state index contributed by atoms with van der Waals surface area (Å²) in [4.78, 5) is 0. The minimum absolute atomic E-state index is 0.861. The smallest absolute Gasteiger partial charge is 0.130 e. The maximum absolute atomic E-state index is 7.18. The summed E-state index contributed by atoms with van der Waals surface area (Å²) in [5.74, 6) is 0. The topological polar surface area (TPSA) is 49.8 Å². The highest BCUT2D eigenvalue weighted by Crippen LogP contribution is 1.95. The molecule has 2 N–H and O–H groups in total. The van der Waals surface area contributed by atoms with Crippen LogP contribution in [0.3, 0.4) is 0 Å². The van der Waals surface area contributed by atoms with E-state index in [1.54, 1.807) is 0 Å². The molecule has 0 bridgehead atoms. The van der Waals surface area contributed by atoms with Gasteiger partial charge in [-0.25, -0.2) is 0 Å². The van der Waals surface area contributed by atoms with Crippen molar-refractivity contribution in [3.05, 3.63) is 0 Å².